The number of likely N-dealkylation sites (tertiary alicyclic amines) is 1. The molecule has 0 aromatic carbocycles. The molecule has 6 nitrogen and oxygen atoms in total. The fourth-order valence-electron chi connectivity index (χ4n) is 3.37. The van der Waals surface area contributed by atoms with Crippen molar-refractivity contribution in [3.8, 4) is 0 Å². The smallest absolute Gasteiger partial charge is 0.272 e. The Balaban J connectivity index is 1.66. The number of piperidine rings is 1. The largest absolute Gasteiger partial charge is 0.343 e. The van der Waals surface area contributed by atoms with Crippen LogP contribution in [0.5, 0.6) is 0 Å². The Kier molecular flexibility index (Phi) is 5.75. The Hall–Kier alpha value is -1.86. The highest BCUT2D eigenvalue weighted by Gasteiger charge is 2.22. The van der Waals surface area contributed by atoms with E-state index in [1.165, 1.54) is 12.8 Å². The molecule has 0 unspecified atom stereocenters. The maximum atomic E-state index is 12.2. The highest BCUT2D eigenvalue weighted by atomic mass is 32.1. The Morgan fingerprint density at radius 1 is 1.36 bits per heavy atom. The normalized spacial score (nSPS) is 18.3. The first kappa shape index (κ1) is 17.9. The summed E-state index contributed by atoms with van der Waals surface area (Å²) in [5.41, 5.74) is 4.51. The topological polar surface area (TPSA) is 62.2 Å². The van der Waals surface area contributed by atoms with Gasteiger partial charge in [0, 0.05) is 38.3 Å². The number of amides is 1. The molecule has 1 atom stereocenters. The lowest BCUT2D eigenvalue weighted by Gasteiger charge is -2.32. The van der Waals surface area contributed by atoms with E-state index in [2.05, 4.69) is 25.2 Å². The Morgan fingerprint density at radius 3 is 2.92 bits per heavy atom. The summed E-state index contributed by atoms with van der Waals surface area (Å²) in [4.78, 5) is 29.5. The number of aromatic nitrogens is 3. The zero-order valence-corrected chi connectivity index (χ0v) is 15.9. The second-order valence-corrected chi connectivity index (χ2v) is 7.64. The number of nitrogens with zero attached hydrogens (tertiary/aromatic N) is 5. The van der Waals surface area contributed by atoms with E-state index in [9.17, 15) is 4.79 Å². The summed E-state index contributed by atoms with van der Waals surface area (Å²) in [6.45, 7) is 4.96. The summed E-state index contributed by atoms with van der Waals surface area (Å²) in [5.74, 6) is 1.15. The Bertz CT molecular complexity index is 716. The summed E-state index contributed by atoms with van der Waals surface area (Å²) < 4.78 is 0. The lowest BCUT2D eigenvalue weighted by atomic mass is 9.93. The Labute approximate surface area is 152 Å². The quantitative estimate of drug-likeness (QED) is 0.820. The van der Waals surface area contributed by atoms with Gasteiger partial charge >= 0.3 is 0 Å². The standard InChI is InChI=1S/C18H25N5OS/c1-13-20-15(8-17(21-13)18(24)22(2)3)7-14-5-4-6-23(9-14)10-16-11-25-12-19-16/h8,11-12,14H,4-7,9-10H2,1-3H3/t14-/m0/s1. The molecule has 134 valence electrons. The molecule has 3 rings (SSSR count). The molecule has 0 bridgehead atoms. The van der Waals surface area contributed by atoms with Crippen molar-refractivity contribution in [2.75, 3.05) is 27.2 Å². The molecule has 25 heavy (non-hydrogen) atoms. The van der Waals surface area contributed by atoms with Crippen LogP contribution in [0.2, 0.25) is 0 Å². The molecule has 1 amide bonds. The molecule has 1 aliphatic rings. The summed E-state index contributed by atoms with van der Waals surface area (Å²) >= 11 is 1.65. The number of carbonyl (C=O) groups is 1. The first-order valence-corrected chi connectivity index (χ1v) is 9.61. The van der Waals surface area contributed by atoms with Crippen LogP contribution in [0.3, 0.4) is 0 Å². The minimum atomic E-state index is -0.0689. The van der Waals surface area contributed by atoms with E-state index >= 15 is 0 Å². The lowest BCUT2D eigenvalue weighted by molar-refractivity contribution is 0.0821. The number of aryl methyl sites for hydroxylation is 1. The lowest BCUT2D eigenvalue weighted by Crippen LogP contribution is -2.36. The fraction of sp³-hybridized carbons (Fsp3) is 0.556. The van der Waals surface area contributed by atoms with E-state index in [1.807, 2.05) is 18.5 Å². The molecule has 0 N–H and O–H groups in total. The molecule has 0 saturated carbocycles. The van der Waals surface area contributed by atoms with Crippen molar-refractivity contribution in [1.29, 1.82) is 0 Å². The van der Waals surface area contributed by atoms with Crippen molar-refractivity contribution >= 4 is 17.2 Å². The van der Waals surface area contributed by atoms with E-state index in [0.29, 0.717) is 17.4 Å². The van der Waals surface area contributed by atoms with Crippen molar-refractivity contribution in [1.82, 2.24) is 24.8 Å². The third-order valence-electron chi connectivity index (χ3n) is 4.49. The third kappa shape index (κ3) is 4.83. The molecule has 3 heterocycles. The van der Waals surface area contributed by atoms with Crippen molar-refractivity contribution in [3.05, 3.63) is 39.9 Å². The molecule has 0 spiro atoms. The average Bonchev–Trinajstić information content (AvgIpc) is 3.06. The van der Waals surface area contributed by atoms with E-state index in [1.54, 1.807) is 30.3 Å². The van der Waals surface area contributed by atoms with Gasteiger partial charge in [0.25, 0.3) is 5.91 Å². The van der Waals surface area contributed by atoms with E-state index in [0.717, 1.165) is 37.4 Å². The van der Waals surface area contributed by atoms with Gasteiger partial charge < -0.3 is 4.90 Å². The molecule has 1 aliphatic heterocycles. The van der Waals surface area contributed by atoms with Gasteiger partial charge in [0.05, 0.1) is 11.2 Å². The first-order chi connectivity index (χ1) is 12.0. The third-order valence-corrected chi connectivity index (χ3v) is 5.12. The highest BCUT2D eigenvalue weighted by Crippen LogP contribution is 2.22. The van der Waals surface area contributed by atoms with Crippen LogP contribution >= 0.6 is 11.3 Å². The summed E-state index contributed by atoms with van der Waals surface area (Å²) in [6.07, 6.45) is 3.29. The minimum Gasteiger partial charge on any atom is -0.343 e. The SMILES string of the molecule is Cc1nc(C[C@@H]2CCCN(Cc3cscn3)C2)cc(C(=O)N(C)C)n1. The minimum absolute atomic E-state index is 0.0689. The van der Waals surface area contributed by atoms with Gasteiger partial charge in [-0.2, -0.15) is 0 Å². The van der Waals surface area contributed by atoms with Crippen LogP contribution in [-0.2, 0) is 13.0 Å². The van der Waals surface area contributed by atoms with E-state index in [-0.39, 0.29) is 5.91 Å². The maximum absolute atomic E-state index is 12.2. The molecule has 2 aromatic heterocycles. The van der Waals surface area contributed by atoms with Crippen LogP contribution in [0.25, 0.3) is 0 Å². The van der Waals surface area contributed by atoms with E-state index < -0.39 is 0 Å². The molecule has 2 aromatic rings. The number of rotatable bonds is 5. The van der Waals surface area contributed by atoms with Gasteiger partial charge in [0.1, 0.15) is 11.5 Å². The van der Waals surface area contributed by atoms with Gasteiger partial charge in [-0.3, -0.25) is 9.69 Å². The monoisotopic (exact) mass is 359 g/mol. The summed E-state index contributed by atoms with van der Waals surface area (Å²) in [7, 11) is 3.49. The Morgan fingerprint density at radius 2 is 2.20 bits per heavy atom. The average molecular weight is 359 g/mol. The molecule has 1 saturated heterocycles. The summed E-state index contributed by atoms with van der Waals surface area (Å²) in [5, 5.41) is 2.12. The number of hydrogen-bond acceptors (Lipinski definition) is 6. The van der Waals surface area contributed by atoms with Gasteiger partial charge in [0.2, 0.25) is 0 Å². The molecule has 1 fully saturated rings. The first-order valence-electron chi connectivity index (χ1n) is 8.67. The molecule has 0 radical (unpaired) electrons. The van der Waals surface area contributed by atoms with Gasteiger partial charge in [0.15, 0.2) is 0 Å². The van der Waals surface area contributed by atoms with Crippen LogP contribution in [0.1, 0.15) is 40.5 Å². The van der Waals surface area contributed by atoms with Gasteiger partial charge in [-0.15, -0.1) is 11.3 Å². The molecule has 0 aliphatic carbocycles. The van der Waals surface area contributed by atoms with Gasteiger partial charge in [-0.25, -0.2) is 15.0 Å². The van der Waals surface area contributed by atoms with Crippen molar-refractivity contribution in [3.63, 3.8) is 0 Å². The maximum Gasteiger partial charge on any atom is 0.272 e. The zero-order chi connectivity index (χ0) is 17.8. The van der Waals surface area contributed by atoms with Crippen molar-refractivity contribution in [2.24, 2.45) is 5.92 Å². The van der Waals surface area contributed by atoms with Crippen LogP contribution < -0.4 is 0 Å². The molecular weight excluding hydrogens is 334 g/mol. The van der Waals surface area contributed by atoms with E-state index in [4.69, 9.17) is 0 Å². The number of thiazole rings is 1. The fourth-order valence-corrected chi connectivity index (χ4v) is 3.92. The van der Waals surface area contributed by atoms with Crippen LogP contribution in [0.4, 0.5) is 0 Å². The predicted octanol–water partition coefficient (Wildman–Crippen LogP) is 2.40. The van der Waals surface area contributed by atoms with Crippen LogP contribution in [0.15, 0.2) is 17.0 Å². The van der Waals surface area contributed by atoms with Crippen LogP contribution in [-0.4, -0.2) is 57.8 Å². The van der Waals surface area contributed by atoms with Crippen molar-refractivity contribution < 1.29 is 4.79 Å². The molecular formula is C18H25N5OS. The predicted molar refractivity (Wildman–Crippen MR) is 98.6 cm³/mol. The molecule has 7 heteroatoms. The zero-order valence-electron chi connectivity index (χ0n) is 15.1. The number of carbonyl (C=O) groups excluding carboxylic acids is 1. The number of hydrogen-bond donors (Lipinski definition) is 0. The van der Waals surface area contributed by atoms with Crippen LogP contribution in [0, 0.1) is 12.8 Å². The van der Waals surface area contributed by atoms with Gasteiger partial charge in [-0.05, 0) is 44.7 Å². The second kappa shape index (κ2) is 8.01. The summed E-state index contributed by atoms with van der Waals surface area (Å²) in [6, 6.07) is 1.86. The second-order valence-electron chi connectivity index (χ2n) is 6.92. The highest BCUT2D eigenvalue weighted by molar-refractivity contribution is 7.07. The van der Waals surface area contributed by atoms with Gasteiger partial charge in [-0.1, -0.05) is 0 Å². The van der Waals surface area contributed by atoms with Crippen molar-refractivity contribution in [2.45, 2.75) is 32.7 Å².